The summed E-state index contributed by atoms with van der Waals surface area (Å²) in [6.45, 7) is 3.41. The number of ether oxygens (including phenoxy) is 3. The van der Waals surface area contributed by atoms with Crippen molar-refractivity contribution >= 4 is 11.8 Å². The molecule has 2 aromatic rings. The molecule has 2 aliphatic rings. The number of carbonyl (C=O) groups is 2. The van der Waals surface area contributed by atoms with Gasteiger partial charge < -0.3 is 24.4 Å². The molecular formula is C23H27N3O5. The summed E-state index contributed by atoms with van der Waals surface area (Å²) in [6, 6.07) is 15.0. The zero-order valence-corrected chi connectivity index (χ0v) is 17.6. The second kappa shape index (κ2) is 9.70. The van der Waals surface area contributed by atoms with Gasteiger partial charge in [-0.25, -0.2) is 0 Å². The lowest BCUT2D eigenvalue weighted by molar-refractivity contribution is -0.143. The topological polar surface area (TPSA) is 80.3 Å². The van der Waals surface area contributed by atoms with Crippen LogP contribution < -0.4 is 19.5 Å². The van der Waals surface area contributed by atoms with Crippen LogP contribution in [0.25, 0.3) is 0 Å². The fourth-order valence-electron chi connectivity index (χ4n) is 3.67. The largest absolute Gasteiger partial charge is 0.497 e. The van der Waals surface area contributed by atoms with Crippen LogP contribution in [0.1, 0.15) is 5.56 Å². The van der Waals surface area contributed by atoms with Crippen molar-refractivity contribution < 1.29 is 23.8 Å². The monoisotopic (exact) mass is 425 g/mol. The first-order valence-corrected chi connectivity index (χ1v) is 10.4. The Kier molecular flexibility index (Phi) is 6.57. The number of para-hydroxylation sites is 2. The molecule has 0 radical (unpaired) electrons. The molecule has 1 N–H and O–H groups in total. The molecule has 2 amide bonds. The molecule has 0 saturated carbocycles. The molecule has 164 valence electrons. The Hall–Kier alpha value is -3.26. The number of methoxy groups -OCH3 is 1. The van der Waals surface area contributed by atoms with Gasteiger partial charge in [0.05, 0.1) is 13.7 Å². The lowest BCUT2D eigenvalue weighted by Crippen LogP contribution is -2.55. The van der Waals surface area contributed by atoms with E-state index in [1.807, 2.05) is 42.5 Å². The highest BCUT2D eigenvalue weighted by molar-refractivity contribution is 5.82. The van der Waals surface area contributed by atoms with Gasteiger partial charge in [-0.15, -0.1) is 0 Å². The minimum atomic E-state index is -0.630. The molecule has 8 nitrogen and oxygen atoms in total. The van der Waals surface area contributed by atoms with Crippen LogP contribution in [0.5, 0.6) is 17.2 Å². The summed E-state index contributed by atoms with van der Waals surface area (Å²) < 4.78 is 16.6. The predicted molar refractivity (Wildman–Crippen MR) is 114 cm³/mol. The third-order valence-electron chi connectivity index (χ3n) is 5.48. The third-order valence-corrected chi connectivity index (χ3v) is 5.48. The van der Waals surface area contributed by atoms with E-state index in [2.05, 4.69) is 10.2 Å². The van der Waals surface area contributed by atoms with Gasteiger partial charge in [-0.3, -0.25) is 14.5 Å². The minimum Gasteiger partial charge on any atom is -0.497 e. The Labute approximate surface area is 181 Å². The highest BCUT2D eigenvalue weighted by atomic mass is 16.6. The van der Waals surface area contributed by atoms with Crippen molar-refractivity contribution in [1.82, 2.24) is 15.1 Å². The molecule has 0 unspecified atom stereocenters. The van der Waals surface area contributed by atoms with Gasteiger partial charge in [0.15, 0.2) is 11.5 Å². The van der Waals surface area contributed by atoms with Gasteiger partial charge in [-0.1, -0.05) is 24.3 Å². The number of nitrogens with zero attached hydrogens (tertiary/aromatic N) is 2. The molecule has 31 heavy (non-hydrogen) atoms. The van der Waals surface area contributed by atoms with Crippen molar-refractivity contribution in [2.75, 3.05) is 46.4 Å². The maximum absolute atomic E-state index is 12.8. The molecule has 2 aliphatic heterocycles. The Morgan fingerprint density at radius 3 is 2.45 bits per heavy atom. The highest BCUT2D eigenvalue weighted by Crippen LogP contribution is 2.31. The van der Waals surface area contributed by atoms with E-state index in [1.165, 1.54) is 0 Å². The first-order chi connectivity index (χ1) is 15.1. The average molecular weight is 425 g/mol. The smallest absolute Gasteiger partial charge is 0.267 e. The van der Waals surface area contributed by atoms with Crippen LogP contribution in [0.2, 0.25) is 0 Å². The van der Waals surface area contributed by atoms with E-state index in [0.717, 1.165) is 11.3 Å². The fraction of sp³-hybridized carbons (Fsp3) is 0.391. The van der Waals surface area contributed by atoms with Gasteiger partial charge in [0.2, 0.25) is 12.0 Å². The average Bonchev–Trinajstić information content (AvgIpc) is 2.83. The van der Waals surface area contributed by atoms with Crippen LogP contribution in [-0.2, 0) is 16.1 Å². The van der Waals surface area contributed by atoms with Gasteiger partial charge in [-0.2, -0.15) is 0 Å². The molecule has 1 atom stereocenters. The number of rotatable bonds is 6. The number of piperazine rings is 1. The molecule has 2 heterocycles. The summed E-state index contributed by atoms with van der Waals surface area (Å²) in [5.74, 6) is 1.95. The third kappa shape index (κ3) is 5.27. The summed E-state index contributed by atoms with van der Waals surface area (Å²) in [6.07, 6.45) is -0.630. The van der Waals surface area contributed by atoms with E-state index in [0.29, 0.717) is 50.8 Å². The van der Waals surface area contributed by atoms with Gasteiger partial charge in [-0.05, 0) is 29.8 Å². The van der Waals surface area contributed by atoms with Crippen molar-refractivity contribution in [3.05, 3.63) is 54.1 Å². The molecule has 0 aliphatic carbocycles. The first-order valence-electron chi connectivity index (χ1n) is 10.4. The maximum atomic E-state index is 12.8. The second-order valence-corrected chi connectivity index (χ2v) is 7.59. The zero-order valence-electron chi connectivity index (χ0n) is 17.6. The van der Waals surface area contributed by atoms with E-state index in [-0.39, 0.29) is 18.4 Å². The quantitative estimate of drug-likeness (QED) is 0.752. The number of amides is 2. The van der Waals surface area contributed by atoms with Crippen molar-refractivity contribution in [2.45, 2.75) is 12.6 Å². The summed E-state index contributed by atoms with van der Waals surface area (Å²) in [7, 11) is 1.62. The summed E-state index contributed by atoms with van der Waals surface area (Å²) >= 11 is 0. The van der Waals surface area contributed by atoms with Crippen LogP contribution >= 0.6 is 0 Å². The molecular weight excluding hydrogens is 398 g/mol. The summed E-state index contributed by atoms with van der Waals surface area (Å²) in [4.78, 5) is 28.9. The lowest BCUT2D eigenvalue weighted by atomic mass is 10.2. The number of hydrogen-bond acceptors (Lipinski definition) is 6. The van der Waals surface area contributed by atoms with Crippen LogP contribution in [0.3, 0.4) is 0 Å². The van der Waals surface area contributed by atoms with E-state index in [1.54, 1.807) is 18.1 Å². The molecule has 1 saturated heterocycles. The molecule has 2 aromatic carbocycles. The van der Waals surface area contributed by atoms with E-state index >= 15 is 0 Å². The van der Waals surface area contributed by atoms with Crippen molar-refractivity contribution in [2.24, 2.45) is 0 Å². The van der Waals surface area contributed by atoms with Gasteiger partial charge >= 0.3 is 0 Å². The summed E-state index contributed by atoms with van der Waals surface area (Å²) in [5.41, 5.74) is 1.01. The van der Waals surface area contributed by atoms with Crippen molar-refractivity contribution in [1.29, 1.82) is 0 Å². The number of fused-ring (bicyclic) bond motifs is 1. The van der Waals surface area contributed by atoms with E-state index < -0.39 is 6.10 Å². The number of benzene rings is 2. The lowest BCUT2D eigenvalue weighted by Gasteiger charge is -2.36. The Bertz CT molecular complexity index is 910. The van der Waals surface area contributed by atoms with Crippen molar-refractivity contribution in [3.8, 4) is 17.2 Å². The number of carbonyl (C=O) groups excluding carboxylic acids is 2. The second-order valence-electron chi connectivity index (χ2n) is 7.59. The van der Waals surface area contributed by atoms with Crippen LogP contribution in [-0.4, -0.2) is 74.2 Å². The number of nitrogens with one attached hydrogen (secondary N) is 1. The summed E-state index contributed by atoms with van der Waals surface area (Å²) in [5, 5.41) is 2.94. The Balaban J connectivity index is 1.19. The minimum absolute atomic E-state index is 0.0313. The van der Waals surface area contributed by atoms with Gasteiger partial charge in [0, 0.05) is 32.7 Å². The fourth-order valence-corrected chi connectivity index (χ4v) is 3.67. The molecule has 0 aromatic heterocycles. The van der Waals surface area contributed by atoms with Crippen LogP contribution in [0.4, 0.5) is 0 Å². The molecule has 0 spiro atoms. The highest BCUT2D eigenvalue weighted by Gasteiger charge is 2.32. The zero-order chi connectivity index (χ0) is 21.6. The SMILES string of the molecule is COc1ccc(CNC(=O)CN2CCN(C(=O)[C@@H]3COc4ccccc4O3)CC2)cc1. The van der Waals surface area contributed by atoms with Gasteiger partial charge in [0.1, 0.15) is 12.4 Å². The number of hydrogen-bond donors (Lipinski definition) is 1. The molecule has 8 heteroatoms. The Morgan fingerprint density at radius 1 is 1.03 bits per heavy atom. The normalized spacial score (nSPS) is 18.4. The maximum Gasteiger partial charge on any atom is 0.267 e. The van der Waals surface area contributed by atoms with Gasteiger partial charge in [0.25, 0.3) is 5.91 Å². The van der Waals surface area contributed by atoms with E-state index in [9.17, 15) is 9.59 Å². The standard InChI is InChI=1S/C23H27N3O5/c1-29-18-8-6-17(7-9-18)14-24-22(27)15-25-10-12-26(13-11-25)23(28)21-16-30-19-4-2-3-5-20(19)31-21/h2-9,21H,10-16H2,1H3,(H,24,27)/t21-/m0/s1. The van der Waals surface area contributed by atoms with E-state index in [4.69, 9.17) is 14.2 Å². The predicted octanol–water partition coefficient (Wildman–Crippen LogP) is 1.30. The van der Waals surface area contributed by atoms with Crippen LogP contribution in [0, 0.1) is 0 Å². The molecule has 1 fully saturated rings. The van der Waals surface area contributed by atoms with Crippen LogP contribution in [0.15, 0.2) is 48.5 Å². The first kappa shape index (κ1) is 21.0. The molecule has 4 rings (SSSR count). The Morgan fingerprint density at radius 2 is 1.74 bits per heavy atom. The molecule has 0 bridgehead atoms. The van der Waals surface area contributed by atoms with Crippen molar-refractivity contribution in [3.63, 3.8) is 0 Å².